The van der Waals surface area contributed by atoms with Gasteiger partial charge in [-0.15, -0.1) is 0 Å². The molecule has 110 valence electrons. The summed E-state index contributed by atoms with van der Waals surface area (Å²) in [5.74, 6) is 1.48. The summed E-state index contributed by atoms with van der Waals surface area (Å²) < 4.78 is 0. The Morgan fingerprint density at radius 1 is 1.25 bits per heavy atom. The average molecular weight is 275 g/mol. The van der Waals surface area contributed by atoms with Crippen molar-refractivity contribution in [2.75, 3.05) is 37.3 Å². The van der Waals surface area contributed by atoms with Gasteiger partial charge in [0.2, 0.25) is 5.91 Å². The molecular formula is C16H25N3O. The lowest BCUT2D eigenvalue weighted by Crippen LogP contribution is -2.45. The zero-order valence-corrected chi connectivity index (χ0v) is 12.7. The van der Waals surface area contributed by atoms with E-state index in [0.717, 1.165) is 18.8 Å². The summed E-state index contributed by atoms with van der Waals surface area (Å²) in [4.78, 5) is 16.3. The molecule has 0 radical (unpaired) electrons. The fourth-order valence-corrected chi connectivity index (χ4v) is 3.06. The van der Waals surface area contributed by atoms with E-state index in [1.165, 1.54) is 6.42 Å². The van der Waals surface area contributed by atoms with Gasteiger partial charge in [0.1, 0.15) is 0 Å². The Hall–Kier alpha value is -1.55. The summed E-state index contributed by atoms with van der Waals surface area (Å²) in [7, 11) is 1.82. The predicted octanol–water partition coefficient (Wildman–Crippen LogP) is 2.21. The number of anilines is 2. The summed E-state index contributed by atoms with van der Waals surface area (Å²) in [6, 6.07) is 7.41. The molecule has 2 rings (SSSR count). The van der Waals surface area contributed by atoms with Crippen LogP contribution in [0, 0.1) is 11.8 Å². The van der Waals surface area contributed by atoms with E-state index in [9.17, 15) is 4.79 Å². The van der Waals surface area contributed by atoms with Crippen molar-refractivity contribution in [2.24, 2.45) is 11.8 Å². The summed E-state index contributed by atoms with van der Waals surface area (Å²) in [5, 5.41) is 0. The number of hydrogen-bond acceptors (Lipinski definition) is 3. The third-order valence-electron chi connectivity index (χ3n) is 3.96. The Balaban J connectivity index is 1.95. The second kappa shape index (κ2) is 6.27. The molecule has 1 fully saturated rings. The van der Waals surface area contributed by atoms with E-state index in [-0.39, 0.29) is 5.91 Å². The van der Waals surface area contributed by atoms with Crippen molar-refractivity contribution < 1.29 is 4.79 Å². The highest BCUT2D eigenvalue weighted by Crippen LogP contribution is 2.21. The number of nitrogens with zero attached hydrogens (tertiary/aromatic N) is 2. The number of likely N-dealkylation sites (N-methyl/N-ethyl adjacent to an activating group) is 1. The van der Waals surface area contributed by atoms with E-state index >= 15 is 0 Å². The highest BCUT2D eigenvalue weighted by Gasteiger charge is 2.24. The van der Waals surface area contributed by atoms with Crippen molar-refractivity contribution in [3.05, 3.63) is 24.3 Å². The Morgan fingerprint density at radius 3 is 2.35 bits per heavy atom. The minimum absolute atomic E-state index is 0.135. The van der Waals surface area contributed by atoms with E-state index in [1.54, 1.807) is 4.90 Å². The van der Waals surface area contributed by atoms with Crippen LogP contribution in [-0.4, -0.2) is 37.5 Å². The molecule has 2 atom stereocenters. The number of hydrogen-bond donors (Lipinski definition) is 1. The Labute approximate surface area is 121 Å². The summed E-state index contributed by atoms with van der Waals surface area (Å²) in [6.07, 6.45) is 1.26. The van der Waals surface area contributed by atoms with E-state index in [1.807, 2.05) is 31.3 Å². The number of nitrogens with two attached hydrogens (primary N) is 1. The van der Waals surface area contributed by atoms with Gasteiger partial charge in [0, 0.05) is 31.5 Å². The van der Waals surface area contributed by atoms with Gasteiger partial charge in [0.15, 0.2) is 0 Å². The molecule has 1 saturated heterocycles. The molecule has 4 nitrogen and oxygen atoms in total. The maximum Gasteiger partial charge on any atom is 0.240 e. The van der Waals surface area contributed by atoms with Gasteiger partial charge >= 0.3 is 0 Å². The van der Waals surface area contributed by atoms with Crippen LogP contribution < -0.4 is 10.6 Å². The highest BCUT2D eigenvalue weighted by atomic mass is 16.2. The smallest absolute Gasteiger partial charge is 0.240 e. The Bertz CT molecular complexity index is 447. The van der Waals surface area contributed by atoms with Crippen molar-refractivity contribution >= 4 is 17.3 Å². The number of benzene rings is 1. The number of carbonyl (C=O) groups is 1. The second-order valence-corrected chi connectivity index (χ2v) is 6.18. The molecule has 1 aromatic carbocycles. The molecular weight excluding hydrogens is 250 g/mol. The van der Waals surface area contributed by atoms with Gasteiger partial charge < -0.3 is 10.6 Å². The quantitative estimate of drug-likeness (QED) is 0.860. The first-order valence-corrected chi connectivity index (χ1v) is 7.30. The summed E-state index contributed by atoms with van der Waals surface area (Å²) >= 11 is 0. The third kappa shape index (κ3) is 3.73. The largest absolute Gasteiger partial charge is 0.399 e. The van der Waals surface area contributed by atoms with Gasteiger partial charge in [-0.3, -0.25) is 9.69 Å². The number of rotatable bonds is 3. The van der Waals surface area contributed by atoms with Gasteiger partial charge in [0.05, 0.1) is 6.54 Å². The van der Waals surface area contributed by atoms with E-state index in [0.29, 0.717) is 24.1 Å². The van der Waals surface area contributed by atoms with Crippen molar-refractivity contribution in [1.82, 2.24) is 4.90 Å². The van der Waals surface area contributed by atoms with Crippen LogP contribution in [0.3, 0.4) is 0 Å². The summed E-state index contributed by atoms with van der Waals surface area (Å²) in [5.41, 5.74) is 7.28. The molecule has 1 amide bonds. The fourth-order valence-electron chi connectivity index (χ4n) is 3.06. The number of piperidine rings is 1. The normalized spacial score (nSPS) is 23.6. The van der Waals surface area contributed by atoms with Gasteiger partial charge in [0.25, 0.3) is 0 Å². The molecule has 1 aliphatic heterocycles. The molecule has 2 unspecified atom stereocenters. The van der Waals surface area contributed by atoms with Crippen LogP contribution in [0.2, 0.25) is 0 Å². The molecule has 0 bridgehead atoms. The van der Waals surface area contributed by atoms with Crippen LogP contribution in [0.1, 0.15) is 20.3 Å². The van der Waals surface area contributed by atoms with Gasteiger partial charge in [-0.25, -0.2) is 0 Å². The molecule has 0 aromatic heterocycles. The van der Waals surface area contributed by atoms with Gasteiger partial charge in [-0.1, -0.05) is 13.8 Å². The topological polar surface area (TPSA) is 49.6 Å². The van der Waals surface area contributed by atoms with Crippen LogP contribution in [0.25, 0.3) is 0 Å². The summed E-state index contributed by atoms with van der Waals surface area (Å²) in [6.45, 7) is 7.06. The minimum atomic E-state index is 0.135. The van der Waals surface area contributed by atoms with Crippen LogP contribution >= 0.6 is 0 Å². The van der Waals surface area contributed by atoms with Crippen LogP contribution in [0.4, 0.5) is 11.4 Å². The lowest BCUT2D eigenvalue weighted by molar-refractivity contribution is -0.120. The van der Waals surface area contributed by atoms with E-state index in [4.69, 9.17) is 5.73 Å². The highest BCUT2D eigenvalue weighted by molar-refractivity contribution is 5.94. The average Bonchev–Trinajstić information content (AvgIpc) is 2.37. The van der Waals surface area contributed by atoms with Gasteiger partial charge in [-0.2, -0.15) is 0 Å². The predicted molar refractivity (Wildman–Crippen MR) is 83.6 cm³/mol. The zero-order valence-electron chi connectivity index (χ0n) is 12.7. The van der Waals surface area contributed by atoms with Crippen LogP contribution in [0.15, 0.2) is 24.3 Å². The zero-order chi connectivity index (χ0) is 14.7. The van der Waals surface area contributed by atoms with Crippen molar-refractivity contribution in [3.63, 3.8) is 0 Å². The number of carbonyl (C=O) groups excluding carboxylic acids is 1. The fraction of sp³-hybridized carbons (Fsp3) is 0.562. The second-order valence-electron chi connectivity index (χ2n) is 6.18. The van der Waals surface area contributed by atoms with Crippen LogP contribution in [-0.2, 0) is 4.79 Å². The maximum absolute atomic E-state index is 12.4. The number of nitrogen functional groups attached to an aromatic ring is 1. The molecule has 4 heteroatoms. The maximum atomic E-state index is 12.4. The van der Waals surface area contributed by atoms with Crippen molar-refractivity contribution in [3.8, 4) is 0 Å². The van der Waals surface area contributed by atoms with Gasteiger partial charge in [-0.05, 0) is 42.5 Å². The lowest BCUT2D eigenvalue weighted by atomic mass is 9.92. The van der Waals surface area contributed by atoms with Crippen molar-refractivity contribution in [1.29, 1.82) is 0 Å². The standard InChI is InChI=1S/C16H25N3O/c1-12-8-13(2)10-19(9-12)11-16(20)18(3)15-6-4-14(17)5-7-15/h4-7,12-13H,8-11,17H2,1-3H3. The Kier molecular flexibility index (Phi) is 4.65. The number of amides is 1. The monoisotopic (exact) mass is 275 g/mol. The molecule has 2 N–H and O–H groups in total. The van der Waals surface area contributed by atoms with E-state index in [2.05, 4.69) is 18.7 Å². The molecule has 1 aromatic rings. The minimum Gasteiger partial charge on any atom is -0.399 e. The number of likely N-dealkylation sites (tertiary alicyclic amines) is 1. The molecule has 1 aliphatic rings. The van der Waals surface area contributed by atoms with E-state index < -0.39 is 0 Å². The van der Waals surface area contributed by atoms with Crippen molar-refractivity contribution in [2.45, 2.75) is 20.3 Å². The molecule has 0 saturated carbocycles. The first-order chi connectivity index (χ1) is 9.45. The third-order valence-corrected chi connectivity index (χ3v) is 3.96. The molecule has 1 heterocycles. The lowest BCUT2D eigenvalue weighted by Gasteiger charge is -2.35. The van der Waals surface area contributed by atoms with Crippen LogP contribution in [0.5, 0.6) is 0 Å². The SMILES string of the molecule is CC1CC(C)CN(CC(=O)N(C)c2ccc(N)cc2)C1. The molecule has 0 aliphatic carbocycles. The molecule has 20 heavy (non-hydrogen) atoms. The first-order valence-electron chi connectivity index (χ1n) is 7.30. The Morgan fingerprint density at radius 2 is 1.80 bits per heavy atom. The first kappa shape index (κ1) is 14.9. The molecule has 0 spiro atoms.